The van der Waals surface area contributed by atoms with Crippen molar-refractivity contribution in [3.05, 3.63) is 105 Å². The first-order chi connectivity index (χ1) is 16.8. The molecule has 0 spiro atoms. The van der Waals surface area contributed by atoms with Gasteiger partial charge in [-0.2, -0.15) is 0 Å². The van der Waals surface area contributed by atoms with Crippen LogP contribution in [0.25, 0.3) is 5.70 Å². The van der Waals surface area contributed by atoms with E-state index in [4.69, 9.17) is 16.7 Å². The number of benzene rings is 3. The Morgan fingerprint density at radius 2 is 1.80 bits per heavy atom. The number of aliphatic imine (C=N–C) groups is 2. The number of nitrogens with zero attached hydrogens (tertiary/aromatic N) is 3. The smallest absolute Gasteiger partial charge is 0.335 e. The van der Waals surface area contributed by atoms with Gasteiger partial charge in [-0.25, -0.2) is 18.6 Å². The summed E-state index contributed by atoms with van der Waals surface area (Å²) in [5.41, 5.74) is 3.64. The summed E-state index contributed by atoms with van der Waals surface area (Å²) in [6.45, 7) is 0.165. The van der Waals surface area contributed by atoms with E-state index in [9.17, 15) is 13.6 Å². The van der Waals surface area contributed by atoms with E-state index in [1.165, 1.54) is 30.3 Å². The van der Waals surface area contributed by atoms with Crippen LogP contribution in [0.1, 0.15) is 27.0 Å². The molecule has 0 saturated carbocycles. The second-order valence-electron chi connectivity index (χ2n) is 8.11. The molecule has 0 fully saturated rings. The van der Waals surface area contributed by atoms with E-state index < -0.39 is 23.9 Å². The minimum absolute atomic E-state index is 0.165. The van der Waals surface area contributed by atoms with Gasteiger partial charge in [-0.3, -0.25) is 4.99 Å². The van der Waals surface area contributed by atoms with Crippen LogP contribution in [0.15, 0.2) is 76.2 Å². The molecule has 176 valence electrons. The van der Waals surface area contributed by atoms with Crippen molar-refractivity contribution >= 4 is 40.9 Å². The van der Waals surface area contributed by atoms with Crippen LogP contribution in [0.3, 0.4) is 0 Å². The highest BCUT2D eigenvalue weighted by molar-refractivity contribution is 6.31. The van der Waals surface area contributed by atoms with Crippen LogP contribution >= 0.6 is 11.6 Å². The Morgan fingerprint density at radius 1 is 1.09 bits per heavy atom. The van der Waals surface area contributed by atoms with Crippen LogP contribution in [0.4, 0.5) is 14.5 Å². The fourth-order valence-electron chi connectivity index (χ4n) is 4.25. The first-order valence-corrected chi connectivity index (χ1v) is 11.1. The first-order valence-electron chi connectivity index (χ1n) is 10.7. The molecule has 0 aromatic heterocycles. The molecule has 0 bridgehead atoms. The molecule has 2 heterocycles. The maximum absolute atomic E-state index is 14.7. The normalized spacial score (nSPS) is 16.9. The molecule has 3 aromatic carbocycles. The fraction of sp³-hybridized carbons (Fsp3) is 0.115. The van der Waals surface area contributed by atoms with Crippen molar-refractivity contribution in [2.24, 2.45) is 9.98 Å². The van der Waals surface area contributed by atoms with Crippen molar-refractivity contribution in [3.8, 4) is 0 Å². The summed E-state index contributed by atoms with van der Waals surface area (Å²) in [7, 11) is 1.85. The van der Waals surface area contributed by atoms with E-state index in [2.05, 4.69) is 15.3 Å². The van der Waals surface area contributed by atoms with Crippen LogP contribution in [0.5, 0.6) is 0 Å². The highest BCUT2D eigenvalue weighted by Crippen LogP contribution is 2.35. The number of carboxylic acids is 1. The molecular formula is C26H19ClF2N4O2. The number of carbonyl (C=O) groups is 1. The van der Waals surface area contributed by atoms with Crippen LogP contribution in [-0.4, -0.2) is 47.8 Å². The third-order valence-corrected chi connectivity index (χ3v) is 6.16. The average molecular weight is 493 g/mol. The number of rotatable bonds is 4. The van der Waals surface area contributed by atoms with Gasteiger partial charge in [-0.05, 0) is 48.5 Å². The molecule has 1 atom stereocenters. The highest BCUT2D eigenvalue weighted by atomic mass is 35.5. The quantitative estimate of drug-likeness (QED) is 0.519. The SMILES string of the molecule is CN1C2=C(C=NC1Nc1ccc(C(=O)O)cc1)CN=C(c1c(F)cccc1F)c1cc(Cl)ccc12. The van der Waals surface area contributed by atoms with Crippen LogP contribution < -0.4 is 5.32 Å². The summed E-state index contributed by atoms with van der Waals surface area (Å²) in [5, 5.41) is 12.8. The molecule has 0 saturated heterocycles. The number of anilines is 1. The van der Waals surface area contributed by atoms with Gasteiger partial charge in [0.15, 0.2) is 6.29 Å². The van der Waals surface area contributed by atoms with E-state index >= 15 is 0 Å². The van der Waals surface area contributed by atoms with E-state index in [1.54, 1.807) is 36.5 Å². The molecule has 2 N–H and O–H groups in total. The van der Waals surface area contributed by atoms with Gasteiger partial charge in [0.2, 0.25) is 0 Å². The second kappa shape index (κ2) is 8.96. The first kappa shape index (κ1) is 22.7. The lowest BCUT2D eigenvalue weighted by Crippen LogP contribution is -2.39. The van der Waals surface area contributed by atoms with Gasteiger partial charge in [0.25, 0.3) is 0 Å². The maximum atomic E-state index is 14.7. The summed E-state index contributed by atoms with van der Waals surface area (Å²) < 4.78 is 29.5. The Balaban J connectivity index is 1.54. The minimum atomic E-state index is -1.00. The summed E-state index contributed by atoms with van der Waals surface area (Å²) in [5.74, 6) is -2.42. The fourth-order valence-corrected chi connectivity index (χ4v) is 4.42. The molecule has 6 nitrogen and oxygen atoms in total. The van der Waals surface area contributed by atoms with Gasteiger partial charge in [-0.15, -0.1) is 0 Å². The van der Waals surface area contributed by atoms with E-state index in [-0.39, 0.29) is 23.4 Å². The minimum Gasteiger partial charge on any atom is -0.478 e. The van der Waals surface area contributed by atoms with Gasteiger partial charge in [0.1, 0.15) is 11.6 Å². The van der Waals surface area contributed by atoms with E-state index in [0.717, 1.165) is 11.3 Å². The Hall–Kier alpha value is -4.04. The van der Waals surface area contributed by atoms with E-state index in [0.29, 0.717) is 21.8 Å². The summed E-state index contributed by atoms with van der Waals surface area (Å²) in [4.78, 5) is 22.2. The van der Waals surface area contributed by atoms with E-state index in [1.807, 2.05) is 11.9 Å². The zero-order valence-electron chi connectivity index (χ0n) is 18.5. The lowest BCUT2D eigenvalue weighted by Gasteiger charge is -2.34. The van der Waals surface area contributed by atoms with Crippen molar-refractivity contribution in [3.63, 3.8) is 0 Å². The topological polar surface area (TPSA) is 77.3 Å². The molecule has 2 aliphatic rings. The molecule has 3 aromatic rings. The monoisotopic (exact) mass is 492 g/mol. The highest BCUT2D eigenvalue weighted by Gasteiger charge is 2.30. The molecule has 5 rings (SSSR count). The molecule has 0 radical (unpaired) electrons. The van der Waals surface area contributed by atoms with Gasteiger partial charge in [0, 0.05) is 40.7 Å². The predicted octanol–water partition coefficient (Wildman–Crippen LogP) is 5.29. The van der Waals surface area contributed by atoms with Gasteiger partial charge in [-0.1, -0.05) is 23.7 Å². The standard InChI is InChI=1S/C26H19ClF2N4O2/c1-33-24-15(13-31-26(33)32-17-8-5-14(6-9-17)25(34)35)12-30-23(19-11-16(27)7-10-18(19)24)22-20(28)3-2-4-21(22)29/h2-11,13,26,32H,12H2,1H3,(H,34,35). The van der Waals surface area contributed by atoms with Crippen LogP contribution in [0.2, 0.25) is 5.02 Å². The van der Waals surface area contributed by atoms with Crippen LogP contribution in [-0.2, 0) is 0 Å². The summed E-state index contributed by atoms with van der Waals surface area (Å²) in [6, 6.07) is 15.2. The van der Waals surface area contributed by atoms with Gasteiger partial charge in [0.05, 0.1) is 29.1 Å². The largest absolute Gasteiger partial charge is 0.478 e. The van der Waals surface area contributed by atoms with Crippen molar-refractivity contribution in [1.29, 1.82) is 0 Å². The number of aromatic carboxylic acids is 1. The Bertz CT molecular complexity index is 1410. The number of hydrogen-bond acceptors (Lipinski definition) is 5. The summed E-state index contributed by atoms with van der Waals surface area (Å²) in [6.07, 6.45) is 1.18. The Kier molecular flexibility index (Phi) is 5.82. The molecule has 2 aliphatic heterocycles. The maximum Gasteiger partial charge on any atom is 0.335 e. The Morgan fingerprint density at radius 3 is 2.49 bits per heavy atom. The van der Waals surface area contributed by atoms with Crippen LogP contribution in [0, 0.1) is 11.6 Å². The zero-order chi connectivity index (χ0) is 24.7. The van der Waals surface area contributed by atoms with Crippen molar-refractivity contribution in [1.82, 2.24) is 4.90 Å². The average Bonchev–Trinajstić information content (AvgIpc) is 2.98. The summed E-state index contributed by atoms with van der Waals surface area (Å²) >= 11 is 6.29. The Labute approximate surface area is 204 Å². The molecule has 1 unspecified atom stereocenters. The van der Waals surface area contributed by atoms with Crippen molar-refractivity contribution in [2.45, 2.75) is 6.29 Å². The molecule has 9 heteroatoms. The number of fused-ring (bicyclic) bond motifs is 2. The number of halogens is 3. The molecular weight excluding hydrogens is 474 g/mol. The van der Waals surface area contributed by atoms with Gasteiger partial charge >= 0.3 is 5.97 Å². The van der Waals surface area contributed by atoms with Gasteiger partial charge < -0.3 is 15.3 Å². The molecule has 35 heavy (non-hydrogen) atoms. The van der Waals surface area contributed by atoms with Crippen molar-refractivity contribution < 1.29 is 18.7 Å². The van der Waals surface area contributed by atoms with Crippen molar-refractivity contribution in [2.75, 3.05) is 18.9 Å². The lowest BCUT2D eigenvalue weighted by atomic mass is 9.94. The second-order valence-corrected chi connectivity index (χ2v) is 8.55. The molecule has 0 aliphatic carbocycles. The number of hydrogen-bond donors (Lipinski definition) is 2. The number of carboxylic acid groups (broad SMARTS) is 1. The predicted molar refractivity (Wildman–Crippen MR) is 132 cm³/mol. The molecule has 0 amide bonds. The lowest BCUT2D eigenvalue weighted by molar-refractivity contribution is 0.0697. The third kappa shape index (κ3) is 4.17. The third-order valence-electron chi connectivity index (χ3n) is 5.92. The number of nitrogens with one attached hydrogen (secondary N) is 1. The zero-order valence-corrected chi connectivity index (χ0v) is 19.2.